The van der Waals surface area contributed by atoms with Crippen LogP contribution in [-0.2, 0) is 16.0 Å². The molecule has 0 spiro atoms. The molecule has 1 heterocycles. The van der Waals surface area contributed by atoms with E-state index in [1.807, 2.05) is 0 Å². The Kier molecular flexibility index (Phi) is 7.99. The SMILES string of the molecule is CC(C)(CCCNC(=O)C(N)=O)CCC(C)(C)CCCc1nnn[nH]1. The Bertz CT molecular complexity index is 539. The molecule has 142 valence electrons. The molecule has 0 aliphatic rings. The Morgan fingerprint density at radius 2 is 1.64 bits per heavy atom. The minimum absolute atomic E-state index is 0.198. The van der Waals surface area contributed by atoms with E-state index in [0.717, 1.165) is 50.8 Å². The van der Waals surface area contributed by atoms with E-state index in [9.17, 15) is 9.59 Å². The number of rotatable bonds is 11. The number of hydrogen-bond acceptors (Lipinski definition) is 5. The monoisotopic (exact) mass is 352 g/mol. The molecule has 2 amide bonds. The second-order valence-corrected chi connectivity index (χ2v) is 8.25. The maximum Gasteiger partial charge on any atom is 0.309 e. The zero-order chi connectivity index (χ0) is 18.9. The zero-order valence-corrected chi connectivity index (χ0v) is 15.9. The molecule has 1 aromatic heterocycles. The second kappa shape index (κ2) is 9.48. The Balaban J connectivity index is 2.23. The van der Waals surface area contributed by atoms with E-state index >= 15 is 0 Å². The molecule has 0 fully saturated rings. The Labute approximate surface area is 149 Å². The van der Waals surface area contributed by atoms with Gasteiger partial charge < -0.3 is 11.1 Å². The van der Waals surface area contributed by atoms with Gasteiger partial charge in [-0.25, -0.2) is 5.10 Å². The fourth-order valence-corrected chi connectivity index (χ4v) is 2.80. The van der Waals surface area contributed by atoms with Gasteiger partial charge in [0, 0.05) is 13.0 Å². The smallest absolute Gasteiger partial charge is 0.309 e. The third-order valence-corrected chi connectivity index (χ3v) is 4.67. The van der Waals surface area contributed by atoms with E-state index in [4.69, 9.17) is 5.73 Å². The molecule has 0 aromatic carbocycles. The van der Waals surface area contributed by atoms with Gasteiger partial charge in [0.1, 0.15) is 5.82 Å². The summed E-state index contributed by atoms with van der Waals surface area (Å²) in [5, 5.41) is 16.4. The van der Waals surface area contributed by atoms with Crippen LogP contribution in [0.15, 0.2) is 0 Å². The number of aryl methyl sites for hydroxylation is 1. The number of carbonyl (C=O) groups excluding carboxylic acids is 2. The summed E-state index contributed by atoms with van der Waals surface area (Å²) in [5.41, 5.74) is 5.37. The largest absolute Gasteiger partial charge is 0.361 e. The number of primary amides is 1. The third kappa shape index (κ3) is 9.16. The third-order valence-electron chi connectivity index (χ3n) is 4.67. The van der Waals surface area contributed by atoms with Crippen molar-refractivity contribution in [1.82, 2.24) is 25.9 Å². The van der Waals surface area contributed by atoms with Crippen molar-refractivity contribution in [3.05, 3.63) is 5.82 Å². The van der Waals surface area contributed by atoms with Crippen LogP contribution in [0.2, 0.25) is 0 Å². The van der Waals surface area contributed by atoms with Gasteiger partial charge in [-0.1, -0.05) is 27.7 Å². The number of aromatic nitrogens is 4. The summed E-state index contributed by atoms with van der Waals surface area (Å²) in [6.45, 7) is 9.59. The lowest BCUT2D eigenvalue weighted by atomic mass is 9.75. The molecule has 0 bridgehead atoms. The topological polar surface area (TPSA) is 127 Å². The first kappa shape index (κ1) is 21.1. The van der Waals surface area contributed by atoms with Gasteiger partial charge in [-0.15, -0.1) is 5.10 Å². The molecule has 0 saturated carbocycles. The van der Waals surface area contributed by atoms with Crippen LogP contribution in [-0.4, -0.2) is 39.0 Å². The average Bonchev–Trinajstić information content (AvgIpc) is 3.03. The lowest BCUT2D eigenvalue weighted by Gasteiger charge is -2.31. The van der Waals surface area contributed by atoms with Crippen LogP contribution in [0.5, 0.6) is 0 Å². The molecule has 0 unspecified atom stereocenters. The van der Waals surface area contributed by atoms with Gasteiger partial charge in [0.15, 0.2) is 0 Å². The molecule has 25 heavy (non-hydrogen) atoms. The molecule has 1 rings (SSSR count). The number of nitrogens with zero attached hydrogens (tertiary/aromatic N) is 3. The van der Waals surface area contributed by atoms with Crippen molar-refractivity contribution in [2.75, 3.05) is 6.54 Å². The fraction of sp³-hybridized carbons (Fsp3) is 0.824. The fourth-order valence-electron chi connectivity index (χ4n) is 2.80. The molecule has 0 radical (unpaired) electrons. The highest BCUT2D eigenvalue weighted by Gasteiger charge is 2.24. The number of nitrogens with two attached hydrogens (primary N) is 1. The van der Waals surface area contributed by atoms with Crippen LogP contribution in [0.4, 0.5) is 0 Å². The van der Waals surface area contributed by atoms with Crippen molar-refractivity contribution in [2.24, 2.45) is 16.6 Å². The summed E-state index contributed by atoms with van der Waals surface area (Å²) in [4.78, 5) is 21.8. The quantitative estimate of drug-likeness (QED) is 0.413. The van der Waals surface area contributed by atoms with Crippen LogP contribution in [0.3, 0.4) is 0 Å². The summed E-state index contributed by atoms with van der Waals surface area (Å²) >= 11 is 0. The van der Waals surface area contributed by atoms with E-state index in [-0.39, 0.29) is 10.8 Å². The van der Waals surface area contributed by atoms with Crippen LogP contribution in [0.25, 0.3) is 0 Å². The van der Waals surface area contributed by atoms with Crippen LogP contribution < -0.4 is 11.1 Å². The van der Waals surface area contributed by atoms with Crippen molar-refractivity contribution in [3.8, 4) is 0 Å². The predicted octanol–water partition coefficient (Wildman–Crippen LogP) is 1.74. The number of nitrogens with one attached hydrogen (secondary N) is 2. The average molecular weight is 352 g/mol. The number of hydrogen-bond donors (Lipinski definition) is 3. The first-order valence-electron chi connectivity index (χ1n) is 8.92. The zero-order valence-electron chi connectivity index (χ0n) is 15.9. The standard InChI is InChI=1S/C17H32N6O2/c1-16(2,8-5-7-13-20-22-23-21-13)10-11-17(3,4)9-6-12-19-15(25)14(18)24/h5-12H2,1-4H3,(H2,18,24)(H,19,25)(H,20,21,22,23). The summed E-state index contributed by atoms with van der Waals surface area (Å²) < 4.78 is 0. The van der Waals surface area contributed by atoms with Crippen molar-refractivity contribution in [1.29, 1.82) is 0 Å². The molecule has 4 N–H and O–H groups in total. The Hall–Kier alpha value is -1.99. The molecule has 0 aliphatic heterocycles. The molecule has 8 heteroatoms. The highest BCUT2D eigenvalue weighted by atomic mass is 16.2. The minimum Gasteiger partial charge on any atom is -0.361 e. The van der Waals surface area contributed by atoms with Crippen molar-refractivity contribution in [2.45, 2.75) is 72.6 Å². The Morgan fingerprint density at radius 1 is 1.04 bits per heavy atom. The van der Waals surface area contributed by atoms with E-state index in [1.54, 1.807) is 0 Å². The van der Waals surface area contributed by atoms with Gasteiger partial charge in [-0.05, 0) is 59.8 Å². The van der Waals surface area contributed by atoms with E-state index < -0.39 is 11.8 Å². The van der Waals surface area contributed by atoms with Crippen LogP contribution in [0.1, 0.15) is 72.0 Å². The summed E-state index contributed by atoms with van der Waals surface area (Å²) in [6.07, 6.45) is 7.15. The summed E-state index contributed by atoms with van der Waals surface area (Å²) in [7, 11) is 0. The highest BCUT2D eigenvalue weighted by Crippen LogP contribution is 2.36. The van der Waals surface area contributed by atoms with Crippen molar-refractivity contribution in [3.63, 3.8) is 0 Å². The van der Waals surface area contributed by atoms with Gasteiger partial charge in [0.2, 0.25) is 0 Å². The van der Waals surface area contributed by atoms with E-state index in [2.05, 4.69) is 53.6 Å². The van der Waals surface area contributed by atoms with Crippen molar-refractivity contribution >= 4 is 11.8 Å². The number of aromatic amines is 1. The van der Waals surface area contributed by atoms with Gasteiger partial charge >= 0.3 is 11.8 Å². The lowest BCUT2D eigenvalue weighted by molar-refractivity contribution is -0.137. The van der Waals surface area contributed by atoms with Crippen molar-refractivity contribution < 1.29 is 9.59 Å². The number of amides is 2. The number of tetrazole rings is 1. The van der Waals surface area contributed by atoms with E-state index in [1.165, 1.54) is 0 Å². The molecular formula is C17H32N6O2. The summed E-state index contributed by atoms with van der Waals surface area (Å²) in [6, 6.07) is 0. The van der Waals surface area contributed by atoms with Crippen LogP contribution in [0, 0.1) is 10.8 Å². The molecule has 0 atom stereocenters. The second-order valence-electron chi connectivity index (χ2n) is 8.25. The predicted molar refractivity (Wildman–Crippen MR) is 95.3 cm³/mol. The molecule has 1 aromatic rings. The minimum atomic E-state index is -0.929. The molecule has 8 nitrogen and oxygen atoms in total. The first-order chi connectivity index (χ1) is 11.6. The highest BCUT2D eigenvalue weighted by molar-refractivity contribution is 6.34. The lowest BCUT2D eigenvalue weighted by Crippen LogP contribution is -2.36. The van der Waals surface area contributed by atoms with Gasteiger partial charge in [0.05, 0.1) is 0 Å². The molecule has 0 saturated heterocycles. The maximum atomic E-state index is 11.1. The van der Waals surface area contributed by atoms with E-state index in [0.29, 0.717) is 6.54 Å². The van der Waals surface area contributed by atoms with Gasteiger partial charge in [-0.2, -0.15) is 0 Å². The maximum absolute atomic E-state index is 11.1. The Morgan fingerprint density at radius 3 is 2.16 bits per heavy atom. The number of carbonyl (C=O) groups is 2. The first-order valence-corrected chi connectivity index (χ1v) is 8.92. The van der Waals surface area contributed by atoms with Crippen LogP contribution >= 0.6 is 0 Å². The summed E-state index contributed by atoms with van der Waals surface area (Å²) in [5.74, 6) is -0.794. The van der Waals surface area contributed by atoms with Gasteiger partial charge in [0.25, 0.3) is 0 Å². The normalized spacial score (nSPS) is 12.2. The molecular weight excluding hydrogens is 320 g/mol. The van der Waals surface area contributed by atoms with Gasteiger partial charge in [-0.3, -0.25) is 9.59 Å². The molecule has 0 aliphatic carbocycles. The number of H-pyrrole nitrogens is 1.